The first-order chi connectivity index (χ1) is 13.5. The Balaban J connectivity index is 0.00000160. The summed E-state index contributed by atoms with van der Waals surface area (Å²) >= 11 is 0. The monoisotopic (exact) mass is 445 g/mol. The number of hydrogen-bond acceptors (Lipinski definition) is 4. The van der Waals surface area contributed by atoms with E-state index in [9.17, 15) is 9.90 Å². The number of furan rings is 1. The van der Waals surface area contributed by atoms with Gasteiger partial charge in [0.05, 0.1) is 0 Å². The Labute approximate surface area is 186 Å². The second-order valence-corrected chi connectivity index (χ2v) is 6.80. The number of halogens is 2. The van der Waals surface area contributed by atoms with Gasteiger partial charge in [-0.1, -0.05) is 17.9 Å². The van der Waals surface area contributed by atoms with Gasteiger partial charge in [-0.25, -0.2) is 0 Å². The van der Waals surface area contributed by atoms with Crippen LogP contribution in [0, 0.1) is 17.3 Å². The molecule has 3 aromatic rings. The van der Waals surface area contributed by atoms with Crippen molar-refractivity contribution in [2.75, 3.05) is 0 Å². The van der Waals surface area contributed by atoms with Gasteiger partial charge in [-0.3, -0.25) is 10.2 Å². The molecule has 0 radical (unpaired) electrons. The molecule has 1 aliphatic rings. The summed E-state index contributed by atoms with van der Waals surface area (Å²) in [6.07, 6.45) is 0.143. The lowest BCUT2D eigenvalue weighted by Gasteiger charge is -2.04. The van der Waals surface area contributed by atoms with Gasteiger partial charge in [0, 0.05) is 36.0 Å². The van der Waals surface area contributed by atoms with Crippen LogP contribution in [0.5, 0.6) is 0 Å². The maximum absolute atomic E-state index is 11.8. The first-order valence-corrected chi connectivity index (χ1v) is 8.93. The molecule has 1 aliphatic heterocycles. The van der Waals surface area contributed by atoms with E-state index in [4.69, 9.17) is 15.6 Å². The molecular formula is C22H21Cl2N3O3. The summed E-state index contributed by atoms with van der Waals surface area (Å²) in [5.74, 6) is 4.49. The van der Waals surface area contributed by atoms with Crippen LogP contribution >= 0.6 is 24.8 Å². The number of nitrogens with two attached hydrogens (primary N) is 1. The van der Waals surface area contributed by atoms with Crippen molar-refractivity contribution in [3.05, 3.63) is 70.5 Å². The number of carboxylic acids is 1. The number of carbonyl (C=O) groups is 1. The molecule has 2 aromatic carbocycles. The van der Waals surface area contributed by atoms with E-state index < -0.39 is 11.9 Å². The zero-order chi connectivity index (χ0) is 19.7. The average molecular weight is 446 g/mol. The maximum Gasteiger partial charge on any atom is 0.315 e. The van der Waals surface area contributed by atoms with Crippen LogP contribution in [0.25, 0.3) is 11.0 Å². The lowest BCUT2D eigenvalue weighted by molar-refractivity contribution is -0.139. The number of rotatable bonds is 4. The molecule has 1 unspecified atom stereocenters. The normalized spacial score (nSPS) is 12.7. The van der Waals surface area contributed by atoms with Gasteiger partial charge in [-0.2, -0.15) is 0 Å². The van der Waals surface area contributed by atoms with Crippen LogP contribution in [-0.4, -0.2) is 16.9 Å². The van der Waals surface area contributed by atoms with E-state index in [1.54, 1.807) is 24.3 Å². The minimum Gasteiger partial charge on any atom is -0.481 e. The Hall–Kier alpha value is -2.98. The Morgan fingerprint density at radius 1 is 1.17 bits per heavy atom. The van der Waals surface area contributed by atoms with E-state index >= 15 is 0 Å². The van der Waals surface area contributed by atoms with Crippen LogP contribution < -0.4 is 11.1 Å². The third-order valence-electron chi connectivity index (χ3n) is 4.86. The number of aliphatic carboxylic acids is 1. The maximum atomic E-state index is 11.8. The zero-order valence-corrected chi connectivity index (χ0v) is 17.5. The van der Waals surface area contributed by atoms with E-state index in [1.165, 1.54) is 11.1 Å². The summed E-state index contributed by atoms with van der Waals surface area (Å²) in [5.41, 5.74) is 10.0. The van der Waals surface area contributed by atoms with Crippen molar-refractivity contribution < 1.29 is 14.3 Å². The van der Waals surface area contributed by atoms with Crippen molar-refractivity contribution in [3.63, 3.8) is 0 Å². The van der Waals surface area contributed by atoms with Gasteiger partial charge in [0.1, 0.15) is 23.1 Å². The molecule has 1 aromatic heterocycles. The first kappa shape index (κ1) is 23.3. The van der Waals surface area contributed by atoms with Crippen LogP contribution in [0.2, 0.25) is 0 Å². The summed E-state index contributed by atoms with van der Waals surface area (Å²) in [4.78, 5) is 11.8. The SMILES string of the molecule is Cl.Cl.N=C(N)c1ccc2oc(C(CC#Cc3ccc4c(c3)CNC4)C(=O)O)cc2c1. The third-order valence-corrected chi connectivity index (χ3v) is 4.86. The summed E-state index contributed by atoms with van der Waals surface area (Å²) in [7, 11) is 0. The lowest BCUT2D eigenvalue weighted by Crippen LogP contribution is -2.10. The molecule has 8 heteroatoms. The van der Waals surface area contributed by atoms with Gasteiger partial charge in [-0.05, 0) is 47.5 Å². The minimum atomic E-state index is -0.988. The van der Waals surface area contributed by atoms with Gasteiger partial charge in [-0.15, -0.1) is 24.8 Å². The Bertz CT molecular complexity index is 1160. The smallest absolute Gasteiger partial charge is 0.315 e. The number of nitrogens with one attached hydrogen (secondary N) is 2. The van der Waals surface area contributed by atoms with Gasteiger partial charge in [0.25, 0.3) is 0 Å². The average Bonchev–Trinajstić information content (AvgIpc) is 3.30. The third kappa shape index (κ3) is 4.77. The lowest BCUT2D eigenvalue weighted by atomic mass is 10.0. The fraction of sp³-hybridized carbons (Fsp3) is 0.182. The summed E-state index contributed by atoms with van der Waals surface area (Å²) < 4.78 is 5.72. The summed E-state index contributed by atoms with van der Waals surface area (Å²) in [6.45, 7) is 1.71. The zero-order valence-electron chi connectivity index (χ0n) is 15.9. The highest BCUT2D eigenvalue weighted by molar-refractivity contribution is 5.98. The van der Waals surface area contributed by atoms with Gasteiger partial charge in [0.2, 0.25) is 0 Å². The van der Waals surface area contributed by atoms with E-state index in [2.05, 4.69) is 23.2 Å². The highest BCUT2D eigenvalue weighted by Crippen LogP contribution is 2.28. The summed E-state index contributed by atoms with van der Waals surface area (Å²) in [5, 5.41) is 21.2. The van der Waals surface area contributed by atoms with Crippen LogP contribution in [0.15, 0.2) is 46.9 Å². The minimum absolute atomic E-state index is 0. The van der Waals surface area contributed by atoms with E-state index in [-0.39, 0.29) is 37.1 Å². The fourth-order valence-electron chi connectivity index (χ4n) is 3.34. The molecule has 30 heavy (non-hydrogen) atoms. The predicted molar refractivity (Wildman–Crippen MR) is 121 cm³/mol. The van der Waals surface area contributed by atoms with E-state index in [0.717, 1.165) is 18.7 Å². The van der Waals surface area contributed by atoms with Crippen LogP contribution in [0.4, 0.5) is 0 Å². The van der Waals surface area contributed by atoms with Crippen LogP contribution in [0.3, 0.4) is 0 Å². The van der Waals surface area contributed by atoms with Gasteiger partial charge < -0.3 is 20.6 Å². The topological polar surface area (TPSA) is 112 Å². The second-order valence-electron chi connectivity index (χ2n) is 6.80. The van der Waals surface area contributed by atoms with Crippen molar-refractivity contribution in [1.82, 2.24) is 5.32 Å². The molecule has 0 fully saturated rings. The fourth-order valence-corrected chi connectivity index (χ4v) is 3.34. The molecule has 4 rings (SSSR count). The highest BCUT2D eigenvalue weighted by atomic mass is 35.5. The molecule has 1 atom stereocenters. The van der Waals surface area contributed by atoms with Crippen molar-refractivity contribution in [1.29, 1.82) is 5.41 Å². The van der Waals surface area contributed by atoms with Crippen LogP contribution in [0.1, 0.15) is 40.4 Å². The molecule has 5 N–H and O–H groups in total. The number of benzene rings is 2. The number of nitrogen functional groups attached to an aromatic ring is 1. The molecule has 0 spiro atoms. The Morgan fingerprint density at radius 3 is 2.67 bits per heavy atom. The molecule has 0 saturated heterocycles. The van der Waals surface area contributed by atoms with Crippen LogP contribution in [-0.2, 0) is 17.9 Å². The van der Waals surface area contributed by atoms with E-state index in [1.807, 2.05) is 12.1 Å². The largest absolute Gasteiger partial charge is 0.481 e. The Kier molecular flexibility index (Phi) is 7.52. The van der Waals surface area contributed by atoms with Gasteiger partial charge >= 0.3 is 5.97 Å². The number of fused-ring (bicyclic) bond motifs is 2. The van der Waals surface area contributed by atoms with Crippen molar-refractivity contribution >= 4 is 47.6 Å². The first-order valence-electron chi connectivity index (χ1n) is 8.93. The molecule has 0 amide bonds. The van der Waals surface area contributed by atoms with Gasteiger partial charge in [0.15, 0.2) is 0 Å². The predicted octanol–water partition coefficient (Wildman–Crippen LogP) is 3.77. The van der Waals surface area contributed by atoms with Crippen molar-refractivity contribution in [2.24, 2.45) is 5.73 Å². The molecule has 0 bridgehead atoms. The molecule has 0 saturated carbocycles. The Morgan fingerprint density at radius 2 is 1.93 bits per heavy atom. The highest BCUT2D eigenvalue weighted by Gasteiger charge is 2.23. The molecule has 156 valence electrons. The number of hydrogen-bond donors (Lipinski definition) is 4. The summed E-state index contributed by atoms with van der Waals surface area (Å²) in [6, 6.07) is 12.8. The van der Waals surface area contributed by atoms with Crippen molar-refractivity contribution in [3.8, 4) is 11.8 Å². The molecule has 0 aliphatic carbocycles. The van der Waals surface area contributed by atoms with Crippen molar-refractivity contribution in [2.45, 2.75) is 25.4 Å². The molecule has 2 heterocycles. The molecular weight excluding hydrogens is 425 g/mol. The number of carboxylic acid groups (broad SMARTS) is 1. The quantitative estimate of drug-likeness (QED) is 0.277. The standard InChI is InChI=1S/C22H19N3O3.2ClH/c23-21(24)14-6-7-19-16(9-14)10-20(28-19)18(22(26)27)3-1-2-13-4-5-15-11-25-12-17(15)8-13;;/h4-10,18,25H,3,11-12H2,(H3,23,24)(H,26,27);2*1H. The number of amidine groups is 1. The second kappa shape index (κ2) is 9.68. The molecule has 6 nitrogen and oxygen atoms in total. The van der Waals surface area contributed by atoms with E-state index in [0.29, 0.717) is 22.3 Å².